The van der Waals surface area contributed by atoms with E-state index in [1.54, 1.807) is 6.92 Å². The molecule has 1 aliphatic rings. The van der Waals surface area contributed by atoms with Gasteiger partial charge in [-0.25, -0.2) is 9.18 Å². The van der Waals surface area contributed by atoms with Gasteiger partial charge < -0.3 is 10.1 Å². The number of alkyl carbamates (subject to hydrolysis) is 1. The zero-order valence-corrected chi connectivity index (χ0v) is 9.68. The van der Waals surface area contributed by atoms with E-state index in [1.165, 1.54) is 0 Å². The first-order valence-electron chi connectivity index (χ1n) is 5.55. The smallest absolute Gasteiger partial charge is 0.407 e. The molecular weight excluding hydrogens is 197 g/mol. The largest absolute Gasteiger partial charge is 0.446 e. The summed E-state index contributed by atoms with van der Waals surface area (Å²) in [4.78, 5) is 11.3. The summed E-state index contributed by atoms with van der Waals surface area (Å²) in [6.07, 6.45) is 1.73. The van der Waals surface area contributed by atoms with Crippen molar-refractivity contribution in [3.8, 4) is 0 Å². The first kappa shape index (κ1) is 12.3. The van der Waals surface area contributed by atoms with Crippen LogP contribution in [-0.2, 0) is 4.74 Å². The third kappa shape index (κ3) is 4.49. The van der Waals surface area contributed by atoms with Crippen molar-refractivity contribution in [3.63, 3.8) is 0 Å². The Balaban J connectivity index is 2.35. The van der Waals surface area contributed by atoms with Gasteiger partial charge in [0.1, 0.15) is 11.8 Å². The van der Waals surface area contributed by atoms with Gasteiger partial charge in [-0.05, 0) is 40.0 Å². The average molecular weight is 217 g/mol. The standard InChI is InChI=1S/C11H20FNO2/c1-8(2)13-10(14)15-9-5-4-6-11(3,12)7-9/h8-9H,4-7H2,1-3H3,(H,13,14). The minimum absolute atomic E-state index is 0.0536. The van der Waals surface area contributed by atoms with Crippen LogP contribution >= 0.6 is 0 Å². The molecule has 1 fully saturated rings. The Kier molecular flexibility index (Phi) is 3.94. The predicted octanol–water partition coefficient (Wildman–Crippen LogP) is 2.79. The molecule has 1 saturated carbocycles. The molecule has 2 atom stereocenters. The molecule has 2 unspecified atom stereocenters. The summed E-state index contributed by atoms with van der Waals surface area (Å²) in [5.74, 6) is 0. The topological polar surface area (TPSA) is 38.3 Å². The molecule has 3 nitrogen and oxygen atoms in total. The van der Waals surface area contributed by atoms with E-state index in [4.69, 9.17) is 4.74 Å². The number of amides is 1. The maximum absolute atomic E-state index is 13.6. The lowest BCUT2D eigenvalue weighted by Crippen LogP contribution is -2.38. The monoisotopic (exact) mass is 217 g/mol. The molecule has 0 spiro atoms. The molecule has 0 aliphatic heterocycles. The highest BCUT2D eigenvalue weighted by atomic mass is 19.1. The Hall–Kier alpha value is -0.800. The van der Waals surface area contributed by atoms with Crippen LogP contribution in [0.2, 0.25) is 0 Å². The second-order valence-electron chi connectivity index (χ2n) is 4.84. The van der Waals surface area contributed by atoms with Gasteiger partial charge >= 0.3 is 6.09 Å². The van der Waals surface area contributed by atoms with Crippen molar-refractivity contribution >= 4 is 6.09 Å². The van der Waals surface area contributed by atoms with Crippen molar-refractivity contribution in [2.24, 2.45) is 0 Å². The fourth-order valence-corrected chi connectivity index (χ4v) is 1.90. The molecular formula is C11H20FNO2. The molecule has 0 radical (unpaired) electrons. The van der Waals surface area contributed by atoms with Gasteiger partial charge in [-0.15, -0.1) is 0 Å². The van der Waals surface area contributed by atoms with E-state index in [0.29, 0.717) is 12.8 Å². The Morgan fingerprint density at radius 3 is 2.80 bits per heavy atom. The van der Waals surface area contributed by atoms with Gasteiger partial charge in [0.2, 0.25) is 0 Å². The van der Waals surface area contributed by atoms with Crippen LogP contribution in [0, 0.1) is 0 Å². The Morgan fingerprint density at radius 1 is 1.60 bits per heavy atom. The highest BCUT2D eigenvalue weighted by Gasteiger charge is 2.33. The van der Waals surface area contributed by atoms with Crippen LogP contribution < -0.4 is 5.32 Å². The maximum Gasteiger partial charge on any atom is 0.407 e. The van der Waals surface area contributed by atoms with E-state index >= 15 is 0 Å². The second kappa shape index (κ2) is 4.81. The number of hydrogen-bond acceptors (Lipinski definition) is 2. The van der Waals surface area contributed by atoms with E-state index in [9.17, 15) is 9.18 Å². The van der Waals surface area contributed by atoms with E-state index in [1.807, 2.05) is 13.8 Å². The Labute approximate surface area is 90.4 Å². The highest BCUT2D eigenvalue weighted by molar-refractivity contribution is 5.67. The molecule has 1 aliphatic carbocycles. The fraction of sp³-hybridized carbons (Fsp3) is 0.909. The van der Waals surface area contributed by atoms with Gasteiger partial charge in [-0.2, -0.15) is 0 Å². The fourth-order valence-electron chi connectivity index (χ4n) is 1.90. The molecule has 0 heterocycles. The number of nitrogens with one attached hydrogen (secondary N) is 1. The summed E-state index contributed by atoms with van der Waals surface area (Å²) >= 11 is 0. The van der Waals surface area contributed by atoms with E-state index in [-0.39, 0.29) is 12.1 Å². The van der Waals surface area contributed by atoms with Gasteiger partial charge in [-0.1, -0.05) is 0 Å². The van der Waals surface area contributed by atoms with Crippen LogP contribution in [0.1, 0.15) is 46.5 Å². The Morgan fingerprint density at radius 2 is 2.27 bits per heavy atom. The molecule has 4 heteroatoms. The number of alkyl halides is 1. The SMILES string of the molecule is CC(C)NC(=O)OC1CCCC(C)(F)C1. The van der Waals surface area contributed by atoms with Crippen LogP contribution in [-0.4, -0.2) is 23.9 Å². The van der Waals surface area contributed by atoms with Crippen LogP contribution in [0.25, 0.3) is 0 Å². The lowest BCUT2D eigenvalue weighted by atomic mass is 9.86. The molecule has 0 bridgehead atoms. The zero-order valence-electron chi connectivity index (χ0n) is 9.68. The third-order valence-corrected chi connectivity index (χ3v) is 2.56. The van der Waals surface area contributed by atoms with Gasteiger partial charge in [-0.3, -0.25) is 0 Å². The summed E-state index contributed by atoms with van der Waals surface area (Å²) in [6, 6.07) is 0.0536. The van der Waals surface area contributed by atoms with Crippen LogP contribution in [0.3, 0.4) is 0 Å². The molecule has 15 heavy (non-hydrogen) atoms. The number of rotatable bonds is 2. The lowest BCUT2D eigenvalue weighted by molar-refractivity contribution is 0.0130. The molecule has 1 rings (SSSR count). The summed E-state index contributed by atoms with van der Waals surface area (Å²) < 4.78 is 18.8. The van der Waals surface area contributed by atoms with Crippen LogP contribution in [0.15, 0.2) is 0 Å². The van der Waals surface area contributed by atoms with Gasteiger partial charge in [0.15, 0.2) is 0 Å². The van der Waals surface area contributed by atoms with E-state index in [0.717, 1.165) is 12.8 Å². The van der Waals surface area contributed by atoms with Gasteiger partial charge in [0.05, 0.1) is 0 Å². The number of ether oxygens (including phenoxy) is 1. The summed E-state index contributed by atoms with van der Waals surface area (Å²) in [6.45, 7) is 5.30. The average Bonchev–Trinajstić information content (AvgIpc) is 1.99. The number of halogens is 1. The molecule has 1 N–H and O–H groups in total. The Bertz CT molecular complexity index is 229. The number of carbonyl (C=O) groups excluding carboxylic acids is 1. The van der Waals surface area contributed by atoms with E-state index < -0.39 is 11.8 Å². The molecule has 0 aromatic carbocycles. The van der Waals surface area contributed by atoms with Crippen LogP contribution in [0.4, 0.5) is 9.18 Å². The number of carbonyl (C=O) groups is 1. The molecule has 88 valence electrons. The minimum Gasteiger partial charge on any atom is -0.446 e. The quantitative estimate of drug-likeness (QED) is 0.772. The first-order valence-corrected chi connectivity index (χ1v) is 5.55. The summed E-state index contributed by atoms with van der Waals surface area (Å²) in [5, 5.41) is 2.63. The van der Waals surface area contributed by atoms with Crippen molar-refractivity contribution in [1.82, 2.24) is 5.32 Å². The normalized spacial score (nSPS) is 31.4. The van der Waals surface area contributed by atoms with Crippen molar-refractivity contribution < 1.29 is 13.9 Å². The van der Waals surface area contributed by atoms with Crippen molar-refractivity contribution in [2.45, 2.75) is 64.3 Å². The van der Waals surface area contributed by atoms with Crippen molar-refractivity contribution in [2.75, 3.05) is 0 Å². The number of hydrogen-bond donors (Lipinski definition) is 1. The molecule has 0 saturated heterocycles. The lowest BCUT2D eigenvalue weighted by Gasteiger charge is -2.31. The van der Waals surface area contributed by atoms with Crippen LogP contribution in [0.5, 0.6) is 0 Å². The third-order valence-electron chi connectivity index (χ3n) is 2.56. The van der Waals surface area contributed by atoms with Gasteiger partial charge in [0.25, 0.3) is 0 Å². The molecule has 0 aromatic rings. The first-order chi connectivity index (χ1) is 6.89. The van der Waals surface area contributed by atoms with Crippen molar-refractivity contribution in [3.05, 3.63) is 0 Å². The van der Waals surface area contributed by atoms with E-state index in [2.05, 4.69) is 5.32 Å². The van der Waals surface area contributed by atoms with Crippen molar-refractivity contribution in [1.29, 1.82) is 0 Å². The summed E-state index contributed by atoms with van der Waals surface area (Å²) in [7, 11) is 0. The molecule has 0 aromatic heterocycles. The second-order valence-corrected chi connectivity index (χ2v) is 4.84. The van der Waals surface area contributed by atoms with Gasteiger partial charge in [0, 0.05) is 12.5 Å². The maximum atomic E-state index is 13.6. The zero-order chi connectivity index (χ0) is 11.5. The minimum atomic E-state index is -1.18. The summed E-state index contributed by atoms with van der Waals surface area (Å²) in [5.41, 5.74) is -1.18. The highest BCUT2D eigenvalue weighted by Crippen LogP contribution is 2.32. The molecule has 1 amide bonds. The predicted molar refractivity (Wildman–Crippen MR) is 56.5 cm³/mol.